The van der Waals surface area contributed by atoms with Crippen molar-refractivity contribution in [3.05, 3.63) is 59.7 Å². The molecule has 0 aliphatic rings. The van der Waals surface area contributed by atoms with E-state index in [2.05, 4.69) is 25.1 Å². The third-order valence-electron chi connectivity index (χ3n) is 4.15. The first-order chi connectivity index (χ1) is 13.8. The lowest BCUT2D eigenvalue weighted by molar-refractivity contribution is 0.101. The summed E-state index contributed by atoms with van der Waals surface area (Å²) in [7, 11) is -3.71. The molecule has 0 bridgehead atoms. The normalized spacial score (nSPS) is 11.4. The lowest BCUT2D eigenvalue weighted by atomic mass is 10.2. The molecule has 3 rings (SSSR count). The number of hydrogen-bond donors (Lipinski definition) is 2. The average Bonchev–Trinajstić information content (AvgIpc) is 3.04. The van der Waals surface area contributed by atoms with Crippen LogP contribution >= 0.6 is 0 Å². The SMILES string of the molecule is CC(=O)c1cccc(S(=O)(=O)NCCNc2cc(-n3nc(C)cc3C)ncn2)c1. The van der Waals surface area contributed by atoms with Crippen LogP contribution in [0.2, 0.25) is 0 Å². The Morgan fingerprint density at radius 2 is 1.90 bits per heavy atom. The summed E-state index contributed by atoms with van der Waals surface area (Å²) in [5, 5.41) is 7.45. The van der Waals surface area contributed by atoms with Crippen molar-refractivity contribution in [1.82, 2.24) is 24.5 Å². The van der Waals surface area contributed by atoms with Crippen LogP contribution in [0.3, 0.4) is 0 Å². The lowest BCUT2D eigenvalue weighted by Crippen LogP contribution is -2.29. The number of benzene rings is 1. The summed E-state index contributed by atoms with van der Waals surface area (Å²) < 4.78 is 29.0. The van der Waals surface area contributed by atoms with E-state index in [1.807, 2.05) is 19.9 Å². The Kier molecular flexibility index (Phi) is 6.04. The summed E-state index contributed by atoms with van der Waals surface area (Å²) in [5.41, 5.74) is 2.19. The Bertz CT molecular complexity index is 1140. The molecule has 2 N–H and O–H groups in total. The molecular weight excluding hydrogens is 392 g/mol. The van der Waals surface area contributed by atoms with Crippen molar-refractivity contribution < 1.29 is 13.2 Å². The number of nitrogens with zero attached hydrogens (tertiary/aromatic N) is 4. The molecule has 10 heteroatoms. The predicted octanol–water partition coefficient (Wildman–Crippen LogP) is 1.87. The summed E-state index contributed by atoms with van der Waals surface area (Å²) in [6.07, 6.45) is 1.42. The van der Waals surface area contributed by atoms with E-state index in [-0.39, 0.29) is 17.2 Å². The molecule has 0 saturated carbocycles. The maximum atomic E-state index is 12.4. The van der Waals surface area contributed by atoms with E-state index in [0.29, 0.717) is 23.7 Å². The van der Waals surface area contributed by atoms with Gasteiger partial charge in [-0.05, 0) is 39.0 Å². The second kappa shape index (κ2) is 8.50. The summed E-state index contributed by atoms with van der Waals surface area (Å²) >= 11 is 0. The number of carbonyl (C=O) groups is 1. The quantitative estimate of drug-likeness (QED) is 0.427. The van der Waals surface area contributed by atoms with Crippen LogP contribution in [0.5, 0.6) is 0 Å². The van der Waals surface area contributed by atoms with Crippen LogP contribution in [0.25, 0.3) is 5.82 Å². The van der Waals surface area contributed by atoms with Gasteiger partial charge in [0.2, 0.25) is 10.0 Å². The fraction of sp³-hybridized carbons (Fsp3) is 0.263. The summed E-state index contributed by atoms with van der Waals surface area (Å²) in [4.78, 5) is 19.9. The molecule has 152 valence electrons. The molecule has 1 aromatic carbocycles. The van der Waals surface area contributed by atoms with Crippen LogP contribution in [-0.4, -0.2) is 47.0 Å². The first-order valence-corrected chi connectivity index (χ1v) is 10.4. The minimum absolute atomic E-state index is 0.0547. The maximum absolute atomic E-state index is 12.4. The Balaban J connectivity index is 1.61. The highest BCUT2D eigenvalue weighted by molar-refractivity contribution is 7.89. The van der Waals surface area contributed by atoms with Crippen molar-refractivity contribution in [3.63, 3.8) is 0 Å². The van der Waals surface area contributed by atoms with E-state index in [0.717, 1.165) is 11.4 Å². The van der Waals surface area contributed by atoms with Gasteiger partial charge >= 0.3 is 0 Å². The standard InChI is InChI=1S/C19H22N6O3S/c1-13-9-14(2)25(24-13)19-11-18(21-12-22-19)20-7-8-23-29(27,28)17-6-4-5-16(10-17)15(3)26/h4-6,9-12,23H,7-8H2,1-3H3,(H,20,21,22). The first-order valence-electron chi connectivity index (χ1n) is 8.96. The van der Waals surface area contributed by atoms with Gasteiger partial charge in [0.05, 0.1) is 10.6 Å². The van der Waals surface area contributed by atoms with Gasteiger partial charge in [0.15, 0.2) is 11.6 Å². The number of Topliss-reactive ketones (excluding diaryl/α,β-unsaturated/α-hetero) is 1. The van der Waals surface area contributed by atoms with E-state index in [1.54, 1.807) is 22.9 Å². The minimum atomic E-state index is -3.71. The van der Waals surface area contributed by atoms with Crippen molar-refractivity contribution in [2.45, 2.75) is 25.7 Å². The topological polar surface area (TPSA) is 119 Å². The fourth-order valence-corrected chi connectivity index (χ4v) is 3.84. The number of carbonyl (C=O) groups excluding carboxylic acids is 1. The third-order valence-corrected chi connectivity index (χ3v) is 5.61. The Hall–Kier alpha value is -3.11. The second-order valence-corrected chi connectivity index (χ2v) is 8.28. The molecule has 0 aliphatic heterocycles. The Morgan fingerprint density at radius 3 is 2.59 bits per heavy atom. The van der Waals surface area contributed by atoms with Crippen molar-refractivity contribution in [3.8, 4) is 5.82 Å². The van der Waals surface area contributed by atoms with Gasteiger partial charge in [-0.15, -0.1) is 0 Å². The first kappa shape index (κ1) is 20.6. The van der Waals surface area contributed by atoms with Crippen LogP contribution in [0, 0.1) is 13.8 Å². The number of ketones is 1. The van der Waals surface area contributed by atoms with Crippen LogP contribution in [0.1, 0.15) is 28.7 Å². The average molecular weight is 414 g/mol. The number of hydrogen-bond acceptors (Lipinski definition) is 7. The van der Waals surface area contributed by atoms with Gasteiger partial charge in [0, 0.05) is 30.4 Å². The highest BCUT2D eigenvalue weighted by Gasteiger charge is 2.14. The molecule has 0 radical (unpaired) electrons. The number of rotatable bonds is 8. The van der Waals surface area contributed by atoms with Crippen molar-refractivity contribution in [1.29, 1.82) is 0 Å². The van der Waals surface area contributed by atoms with Crippen LogP contribution < -0.4 is 10.0 Å². The van der Waals surface area contributed by atoms with Crippen LogP contribution in [0.15, 0.2) is 47.6 Å². The monoisotopic (exact) mass is 414 g/mol. The van der Waals surface area contributed by atoms with Gasteiger partial charge in [0.1, 0.15) is 12.1 Å². The second-order valence-electron chi connectivity index (χ2n) is 6.51. The molecule has 0 unspecified atom stereocenters. The van der Waals surface area contributed by atoms with Gasteiger partial charge in [-0.2, -0.15) is 5.10 Å². The maximum Gasteiger partial charge on any atom is 0.240 e. The van der Waals surface area contributed by atoms with E-state index in [9.17, 15) is 13.2 Å². The molecule has 3 aromatic rings. The number of aryl methyl sites for hydroxylation is 2. The molecule has 0 fully saturated rings. The lowest BCUT2D eigenvalue weighted by Gasteiger charge is -2.10. The summed E-state index contributed by atoms with van der Waals surface area (Å²) in [6.45, 7) is 5.70. The zero-order valence-corrected chi connectivity index (χ0v) is 17.2. The van der Waals surface area contributed by atoms with E-state index < -0.39 is 10.0 Å². The van der Waals surface area contributed by atoms with E-state index in [1.165, 1.54) is 25.4 Å². The van der Waals surface area contributed by atoms with Gasteiger partial charge in [-0.1, -0.05) is 12.1 Å². The molecular formula is C19H22N6O3S. The van der Waals surface area contributed by atoms with Crippen molar-refractivity contribution >= 4 is 21.6 Å². The number of nitrogens with one attached hydrogen (secondary N) is 2. The number of anilines is 1. The van der Waals surface area contributed by atoms with E-state index in [4.69, 9.17) is 0 Å². The van der Waals surface area contributed by atoms with Crippen molar-refractivity contribution in [2.75, 3.05) is 18.4 Å². The molecule has 0 amide bonds. The van der Waals surface area contributed by atoms with Gasteiger partial charge < -0.3 is 5.32 Å². The molecule has 2 aromatic heterocycles. The van der Waals surface area contributed by atoms with Crippen LogP contribution in [-0.2, 0) is 10.0 Å². The Labute approximate surface area is 169 Å². The van der Waals surface area contributed by atoms with Gasteiger partial charge in [0.25, 0.3) is 0 Å². The minimum Gasteiger partial charge on any atom is -0.369 e. The highest BCUT2D eigenvalue weighted by atomic mass is 32.2. The molecule has 0 aliphatic carbocycles. The molecule has 9 nitrogen and oxygen atoms in total. The third kappa shape index (κ3) is 5.04. The molecule has 2 heterocycles. The van der Waals surface area contributed by atoms with E-state index >= 15 is 0 Å². The van der Waals surface area contributed by atoms with Gasteiger partial charge in [-0.25, -0.2) is 27.8 Å². The Morgan fingerprint density at radius 1 is 1.10 bits per heavy atom. The zero-order valence-electron chi connectivity index (χ0n) is 16.4. The highest BCUT2D eigenvalue weighted by Crippen LogP contribution is 2.13. The number of aromatic nitrogens is 4. The van der Waals surface area contributed by atoms with Gasteiger partial charge in [-0.3, -0.25) is 4.79 Å². The largest absolute Gasteiger partial charge is 0.369 e. The summed E-state index contributed by atoms with van der Waals surface area (Å²) in [5.74, 6) is 0.987. The number of sulfonamides is 1. The predicted molar refractivity (Wildman–Crippen MR) is 109 cm³/mol. The smallest absolute Gasteiger partial charge is 0.240 e. The fourth-order valence-electron chi connectivity index (χ4n) is 2.76. The molecule has 0 spiro atoms. The molecule has 29 heavy (non-hydrogen) atoms. The molecule has 0 saturated heterocycles. The molecule has 0 atom stereocenters. The van der Waals surface area contributed by atoms with Crippen LogP contribution in [0.4, 0.5) is 5.82 Å². The van der Waals surface area contributed by atoms with Crippen molar-refractivity contribution in [2.24, 2.45) is 0 Å². The zero-order chi connectivity index (χ0) is 21.0. The summed E-state index contributed by atoms with van der Waals surface area (Å²) in [6, 6.07) is 9.63.